The summed E-state index contributed by atoms with van der Waals surface area (Å²) in [5.41, 5.74) is 0.672. The van der Waals surface area contributed by atoms with Gasteiger partial charge in [0.25, 0.3) is 0 Å². The number of hydrogen-bond acceptors (Lipinski definition) is 3. The van der Waals surface area contributed by atoms with Crippen LogP contribution in [0.2, 0.25) is 0 Å². The molecule has 1 rings (SSSR count). The first-order valence-electron chi connectivity index (χ1n) is 4.93. The molecule has 0 aliphatic rings. The van der Waals surface area contributed by atoms with Gasteiger partial charge in [0.05, 0.1) is 5.56 Å². The van der Waals surface area contributed by atoms with Crippen LogP contribution >= 0.6 is 0 Å². The summed E-state index contributed by atoms with van der Waals surface area (Å²) in [7, 11) is 0. The van der Waals surface area contributed by atoms with Gasteiger partial charge >= 0.3 is 5.97 Å². The Morgan fingerprint density at radius 3 is 2.50 bits per heavy atom. The summed E-state index contributed by atoms with van der Waals surface area (Å²) in [5.74, 6) is -1.12. The molecular formula is C11H14N2O3. The fourth-order valence-corrected chi connectivity index (χ4v) is 1.13. The van der Waals surface area contributed by atoms with E-state index in [1.807, 2.05) is 0 Å². The van der Waals surface area contributed by atoms with Gasteiger partial charge < -0.3 is 10.4 Å². The molecule has 1 aromatic rings. The lowest BCUT2D eigenvalue weighted by Crippen LogP contribution is -2.19. The number of anilines is 1. The Morgan fingerprint density at radius 1 is 1.38 bits per heavy atom. The van der Waals surface area contributed by atoms with E-state index in [-0.39, 0.29) is 23.2 Å². The predicted octanol–water partition coefficient (Wildman–Crippen LogP) is 1.68. The van der Waals surface area contributed by atoms with Gasteiger partial charge in [0.15, 0.2) is 0 Å². The van der Waals surface area contributed by atoms with E-state index >= 15 is 0 Å². The van der Waals surface area contributed by atoms with Gasteiger partial charge in [0.1, 0.15) is 5.82 Å². The van der Waals surface area contributed by atoms with Gasteiger partial charge in [0.2, 0.25) is 5.91 Å². The van der Waals surface area contributed by atoms with Crippen LogP contribution < -0.4 is 5.32 Å². The van der Waals surface area contributed by atoms with E-state index in [9.17, 15) is 9.59 Å². The van der Waals surface area contributed by atoms with Crippen LogP contribution in [-0.4, -0.2) is 22.0 Å². The highest BCUT2D eigenvalue weighted by atomic mass is 16.4. The van der Waals surface area contributed by atoms with Crippen molar-refractivity contribution in [2.75, 3.05) is 5.32 Å². The Hall–Kier alpha value is -1.91. The maximum atomic E-state index is 11.4. The van der Waals surface area contributed by atoms with Crippen LogP contribution in [0.15, 0.2) is 12.1 Å². The molecule has 0 aliphatic heterocycles. The van der Waals surface area contributed by atoms with Gasteiger partial charge in [-0.1, -0.05) is 13.8 Å². The van der Waals surface area contributed by atoms with E-state index in [2.05, 4.69) is 10.3 Å². The second-order valence-electron chi connectivity index (χ2n) is 3.83. The normalized spacial score (nSPS) is 10.2. The smallest absolute Gasteiger partial charge is 0.335 e. The minimum atomic E-state index is -1.04. The van der Waals surface area contributed by atoms with Gasteiger partial charge in [-0.2, -0.15) is 0 Å². The van der Waals surface area contributed by atoms with Crippen molar-refractivity contribution in [3.8, 4) is 0 Å². The molecule has 0 fully saturated rings. The number of nitrogens with one attached hydrogen (secondary N) is 1. The van der Waals surface area contributed by atoms with Crippen molar-refractivity contribution in [3.05, 3.63) is 23.4 Å². The molecule has 1 aromatic heterocycles. The third-order valence-electron chi connectivity index (χ3n) is 1.98. The molecule has 2 N–H and O–H groups in total. The minimum absolute atomic E-state index is 0.117. The van der Waals surface area contributed by atoms with E-state index < -0.39 is 5.97 Å². The Labute approximate surface area is 93.5 Å². The Kier molecular flexibility index (Phi) is 3.60. The summed E-state index contributed by atoms with van der Waals surface area (Å²) in [5, 5.41) is 11.4. The largest absolute Gasteiger partial charge is 0.478 e. The SMILES string of the molecule is Cc1cc(C(=O)O)cc(NC(=O)C(C)C)n1. The van der Waals surface area contributed by atoms with Crippen molar-refractivity contribution >= 4 is 17.7 Å². The molecule has 0 aliphatic carbocycles. The number of hydrogen-bond donors (Lipinski definition) is 2. The van der Waals surface area contributed by atoms with Crippen molar-refractivity contribution < 1.29 is 14.7 Å². The zero-order valence-electron chi connectivity index (χ0n) is 9.44. The average Bonchev–Trinajstić information content (AvgIpc) is 2.16. The number of carbonyl (C=O) groups excluding carboxylic acids is 1. The maximum absolute atomic E-state index is 11.4. The second-order valence-corrected chi connectivity index (χ2v) is 3.83. The van der Waals surface area contributed by atoms with Crippen LogP contribution in [0, 0.1) is 12.8 Å². The number of carbonyl (C=O) groups is 2. The van der Waals surface area contributed by atoms with Crippen LogP contribution in [0.4, 0.5) is 5.82 Å². The van der Waals surface area contributed by atoms with Crippen LogP contribution in [0.1, 0.15) is 29.9 Å². The van der Waals surface area contributed by atoms with Gasteiger partial charge in [-0.25, -0.2) is 9.78 Å². The number of pyridine rings is 1. The van der Waals surface area contributed by atoms with E-state index in [1.54, 1.807) is 20.8 Å². The van der Waals surface area contributed by atoms with Crippen LogP contribution in [0.5, 0.6) is 0 Å². The van der Waals surface area contributed by atoms with E-state index in [0.717, 1.165) is 0 Å². The van der Waals surface area contributed by atoms with E-state index in [4.69, 9.17) is 5.11 Å². The molecule has 16 heavy (non-hydrogen) atoms. The number of aromatic nitrogens is 1. The summed E-state index contributed by atoms with van der Waals surface area (Å²) >= 11 is 0. The molecule has 0 bridgehead atoms. The molecule has 1 amide bonds. The standard InChI is InChI=1S/C11H14N2O3/c1-6(2)10(14)13-9-5-8(11(15)16)4-7(3)12-9/h4-6H,1-3H3,(H,15,16)(H,12,13,14). The van der Waals surface area contributed by atoms with E-state index in [1.165, 1.54) is 12.1 Å². The Morgan fingerprint density at radius 2 is 2.00 bits per heavy atom. The molecule has 0 aromatic carbocycles. The maximum Gasteiger partial charge on any atom is 0.335 e. The number of carboxylic acid groups (broad SMARTS) is 1. The monoisotopic (exact) mass is 222 g/mol. The number of aromatic carboxylic acids is 1. The molecule has 0 radical (unpaired) electrons. The van der Waals surface area contributed by atoms with Crippen molar-refractivity contribution in [2.45, 2.75) is 20.8 Å². The fraction of sp³-hybridized carbons (Fsp3) is 0.364. The van der Waals surface area contributed by atoms with E-state index in [0.29, 0.717) is 5.69 Å². The number of aryl methyl sites for hydroxylation is 1. The number of rotatable bonds is 3. The first kappa shape index (κ1) is 12.2. The highest BCUT2D eigenvalue weighted by Gasteiger charge is 2.11. The summed E-state index contributed by atoms with van der Waals surface area (Å²) in [4.78, 5) is 26.2. The van der Waals surface area contributed by atoms with Crippen LogP contribution in [0.3, 0.4) is 0 Å². The minimum Gasteiger partial charge on any atom is -0.478 e. The zero-order valence-corrected chi connectivity index (χ0v) is 9.44. The highest BCUT2D eigenvalue weighted by molar-refractivity contribution is 5.93. The molecule has 0 unspecified atom stereocenters. The van der Waals surface area contributed by atoms with Crippen molar-refractivity contribution in [1.29, 1.82) is 0 Å². The predicted molar refractivity (Wildman–Crippen MR) is 59.4 cm³/mol. The first-order valence-corrected chi connectivity index (χ1v) is 4.93. The third kappa shape index (κ3) is 3.05. The summed E-state index contributed by atoms with van der Waals surface area (Å²) < 4.78 is 0. The van der Waals surface area contributed by atoms with Gasteiger partial charge in [-0.15, -0.1) is 0 Å². The molecular weight excluding hydrogens is 208 g/mol. The fourth-order valence-electron chi connectivity index (χ4n) is 1.13. The summed E-state index contributed by atoms with van der Waals surface area (Å²) in [6, 6.07) is 2.79. The van der Waals surface area contributed by atoms with Crippen molar-refractivity contribution in [3.63, 3.8) is 0 Å². The zero-order chi connectivity index (χ0) is 12.3. The lowest BCUT2D eigenvalue weighted by Gasteiger charge is -2.08. The molecule has 0 saturated heterocycles. The number of amides is 1. The molecule has 1 heterocycles. The summed E-state index contributed by atoms with van der Waals surface area (Å²) in [6.45, 7) is 5.18. The molecule has 5 heteroatoms. The molecule has 5 nitrogen and oxygen atoms in total. The third-order valence-corrected chi connectivity index (χ3v) is 1.98. The van der Waals surface area contributed by atoms with Gasteiger partial charge in [0, 0.05) is 11.6 Å². The van der Waals surface area contributed by atoms with Crippen molar-refractivity contribution in [1.82, 2.24) is 4.98 Å². The first-order chi connectivity index (χ1) is 7.40. The Bertz CT molecular complexity index is 427. The topological polar surface area (TPSA) is 79.3 Å². The molecule has 0 atom stereocenters. The Balaban J connectivity index is 2.97. The van der Waals surface area contributed by atoms with Crippen molar-refractivity contribution in [2.24, 2.45) is 5.92 Å². The molecule has 0 saturated carbocycles. The second kappa shape index (κ2) is 4.74. The van der Waals surface area contributed by atoms with Gasteiger partial charge in [-0.3, -0.25) is 4.79 Å². The average molecular weight is 222 g/mol. The number of carboxylic acids is 1. The highest BCUT2D eigenvalue weighted by Crippen LogP contribution is 2.11. The number of nitrogens with zero attached hydrogens (tertiary/aromatic N) is 1. The quantitative estimate of drug-likeness (QED) is 0.815. The van der Waals surface area contributed by atoms with Gasteiger partial charge in [-0.05, 0) is 19.1 Å². The lowest BCUT2D eigenvalue weighted by molar-refractivity contribution is -0.118. The molecule has 86 valence electrons. The molecule has 0 spiro atoms. The van der Waals surface area contributed by atoms with Crippen LogP contribution in [-0.2, 0) is 4.79 Å². The van der Waals surface area contributed by atoms with Crippen LogP contribution in [0.25, 0.3) is 0 Å². The lowest BCUT2D eigenvalue weighted by atomic mass is 10.2. The summed E-state index contributed by atoms with van der Waals surface area (Å²) in [6.07, 6.45) is 0.